The number of hydrogen-bond donors (Lipinski definition) is 2. The van der Waals surface area contributed by atoms with Crippen LogP contribution in [-0.4, -0.2) is 27.2 Å². The number of aromatic nitrogens is 2. The molecule has 1 aromatic heterocycles. The summed E-state index contributed by atoms with van der Waals surface area (Å²) in [4.78, 5) is 8.04. The summed E-state index contributed by atoms with van der Waals surface area (Å²) in [6, 6.07) is 8.10. The Hall–Kier alpha value is -1.98. The maximum atomic E-state index is 9.96. The fraction of sp³-hybridized carbons (Fsp3) is 0.412. The molecule has 2 aromatic rings. The molecule has 1 saturated carbocycles. The average Bonchev–Trinajstić information content (AvgIpc) is 2.56. The summed E-state index contributed by atoms with van der Waals surface area (Å²) < 4.78 is 5.61. The summed E-state index contributed by atoms with van der Waals surface area (Å²) in [6.45, 7) is 0.757. The summed E-state index contributed by atoms with van der Waals surface area (Å²) in [7, 11) is 0. The zero-order valence-electron chi connectivity index (χ0n) is 12.5. The van der Waals surface area contributed by atoms with E-state index in [1.54, 1.807) is 18.6 Å². The maximum Gasteiger partial charge on any atom is 0.237 e. The Morgan fingerprint density at radius 3 is 2.68 bits per heavy atom. The van der Waals surface area contributed by atoms with Crippen LogP contribution in [0.25, 0.3) is 0 Å². The highest BCUT2D eigenvalue weighted by Crippen LogP contribution is 2.20. The monoisotopic (exact) mass is 299 g/mol. The summed E-state index contributed by atoms with van der Waals surface area (Å²) >= 11 is 0. The average molecular weight is 299 g/mol. The van der Waals surface area contributed by atoms with E-state index in [1.165, 1.54) is 12.0 Å². The lowest BCUT2D eigenvalue weighted by Gasteiger charge is -2.28. The molecule has 0 bridgehead atoms. The molecule has 0 amide bonds. The van der Waals surface area contributed by atoms with Crippen LogP contribution in [0.15, 0.2) is 42.9 Å². The van der Waals surface area contributed by atoms with E-state index in [1.807, 2.05) is 24.3 Å². The van der Waals surface area contributed by atoms with Crippen LogP contribution in [0, 0.1) is 0 Å². The van der Waals surface area contributed by atoms with Gasteiger partial charge in [0, 0.05) is 25.0 Å². The lowest BCUT2D eigenvalue weighted by atomic mass is 9.92. The van der Waals surface area contributed by atoms with E-state index in [4.69, 9.17) is 4.74 Å². The van der Waals surface area contributed by atoms with Gasteiger partial charge in [-0.15, -0.1) is 0 Å². The first-order chi connectivity index (χ1) is 10.8. The van der Waals surface area contributed by atoms with Gasteiger partial charge in [-0.05, 0) is 30.5 Å². The first-order valence-corrected chi connectivity index (χ1v) is 7.75. The molecule has 22 heavy (non-hydrogen) atoms. The standard InChI is InChI=1S/C17H21N3O2/c21-16-4-2-1-3-15(16)20-11-13-5-7-14(8-6-13)22-17-12-18-9-10-19-17/h5-10,12,15-16,20-21H,1-4,11H2. The molecule has 116 valence electrons. The molecule has 2 N–H and O–H groups in total. The molecule has 1 heterocycles. The fourth-order valence-corrected chi connectivity index (χ4v) is 2.73. The molecule has 0 radical (unpaired) electrons. The Morgan fingerprint density at radius 1 is 1.14 bits per heavy atom. The maximum absolute atomic E-state index is 9.96. The molecule has 1 aliphatic rings. The van der Waals surface area contributed by atoms with E-state index in [9.17, 15) is 5.11 Å². The van der Waals surface area contributed by atoms with E-state index in [0.29, 0.717) is 5.88 Å². The van der Waals surface area contributed by atoms with Gasteiger partial charge in [0.05, 0.1) is 12.3 Å². The topological polar surface area (TPSA) is 67.3 Å². The molecule has 2 atom stereocenters. The lowest BCUT2D eigenvalue weighted by molar-refractivity contribution is 0.0902. The minimum Gasteiger partial charge on any atom is -0.438 e. The third kappa shape index (κ3) is 4.02. The van der Waals surface area contributed by atoms with Gasteiger partial charge >= 0.3 is 0 Å². The summed E-state index contributed by atoms with van der Waals surface area (Å²) in [5.41, 5.74) is 1.17. The number of rotatable bonds is 5. The van der Waals surface area contributed by atoms with E-state index < -0.39 is 0 Å². The van der Waals surface area contributed by atoms with Crippen molar-refractivity contribution in [2.75, 3.05) is 0 Å². The van der Waals surface area contributed by atoms with Gasteiger partial charge in [0.15, 0.2) is 0 Å². The second kappa shape index (κ2) is 7.33. The largest absolute Gasteiger partial charge is 0.438 e. The molecule has 3 rings (SSSR count). The van der Waals surface area contributed by atoms with Crippen molar-refractivity contribution in [1.29, 1.82) is 0 Å². The highest BCUT2D eigenvalue weighted by atomic mass is 16.5. The van der Waals surface area contributed by atoms with Crippen molar-refractivity contribution in [1.82, 2.24) is 15.3 Å². The predicted octanol–water partition coefficient (Wildman–Crippen LogP) is 2.66. The van der Waals surface area contributed by atoms with Crippen molar-refractivity contribution in [3.05, 3.63) is 48.4 Å². The Bertz CT molecular complexity index is 574. The third-order valence-electron chi connectivity index (χ3n) is 3.98. The molecular weight excluding hydrogens is 278 g/mol. The number of aliphatic hydroxyl groups excluding tert-OH is 1. The van der Waals surface area contributed by atoms with E-state index in [-0.39, 0.29) is 12.1 Å². The SMILES string of the molecule is OC1CCCCC1NCc1ccc(Oc2cnccn2)cc1. The second-order valence-corrected chi connectivity index (χ2v) is 5.63. The summed E-state index contributed by atoms with van der Waals surface area (Å²) in [5, 5.41) is 13.4. The number of ether oxygens (including phenoxy) is 1. The molecule has 1 aromatic carbocycles. The minimum absolute atomic E-state index is 0.212. The molecule has 1 aliphatic carbocycles. The quantitative estimate of drug-likeness (QED) is 0.888. The van der Waals surface area contributed by atoms with Gasteiger partial charge in [0.2, 0.25) is 5.88 Å². The normalized spacial score (nSPS) is 21.5. The van der Waals surface area contributed by atoms with Gasteiger partial charge in [-0.3, -0.25) is 4.98 Å². The Kier molecular flexibility index (Phi) is 4.98. The number of nitrogens with one attached hydrogen (secondary N) is 1. The molecule has 1 fully saturated rings. The molecule has 0 aliphatic heterocycles. The first-order valence-electron chi connectivity index (χ1n) is 7.75. The van der Waals surface area contributed by atoms with Crippen LogP contribution in [0.5, 0.6) is 11.6 Å². The van der Waals surface area contributed by atoms with Crippen LogP contribution in [-0.2, 0) is 6.54 Å². The van der Waals surface area contributed by atoms with Crippen LogP contribution in [0.1, 0.15) is 31.2 Å². The van der Waals surface area contributed by atoms with Gasteiger partial charge in [0.1, 0.15) is 5.75 Å². The van der Waals surface area contributed by atoms with Crippen molar-refractivity contribution in [2.24, 2.45) is 0 Å². The van der Waals surface area contributed by atoms with Crippen molar-refractivity contribution in [2.45, 2.75) is 44.4 Å². The van der Waals surface area contributed by atoms with Crippen molar-refractivity contribution in [3.8, 4) is 11.6 Å². The molecule has 0 saturated heterocycles. The molecule has 2 unspecified atom stereocenters. The Morgan fingerprint density at radius 2 is 1.95 bits per heavy atom. The smallest absolute Gasteiger partial charge is 0.237 e. The Labute approximate surface area is 130 Å². The number of benzene rings is 1. The molecular formula is C17H21N3O2. The van der Waals surface area contributed by atoms with E-state index in [0.717, 1.165) is 31.6 Å². The third-order valence-corrected chi connectivity index (χ3v) is 3.98. The van der Waals surface area contributed by atoms with Crippen LogP contribution in [0.2, 0.25) is 0 Å². The van der Waals surface area contributed by atoms with Crippen molar-refractivity contribution >= 4 is 0 Å². The zero-order chi connectivity index (χ0) is 15.2. The van der Waals surface area contributed by atoms with Crippen LogP contribution >= 0.6 is 0 Å². The van der Waals surface area contributed by atoms with Gasteiger partial charge < -0.3 is 15.2 Å². The number of nitrogens with zero attached hydrogens (tertiary/aromatic N) is 2. The minimum atomic E-state index is -0.215. The van der Waals surface area contributed by atoms with Crippen LogP contribution in [0.3, 0.4) is 0 Å². The van der Waals surface area contributed by atoms with Gasteiger partial charge in [-0.1, -0.05) is 25.0 Å². The molecule has 0 spiro atoms. The summed E-state index contributed by atoms with van der Waals surface area (Å²) in [5.74, 6) is 1.22. The van der Waals surface area contributed by atoms with Crippen molar-refractivity contribution in [3.63, 3.8) is 0 Å². The van der Waals surface area contributed by atoms with E-state index in [2.05, 4.69) is 15.3 Å². The second-order valence-electron chi connectivity index (χ2n) is 5.63. The lowest BCUT2D eigenvalue weighted by Crippen LogP contribution is -2.41. The highest BCUT2D eigenvalue weighted by molar-refractivity contribution is 5.29. The van der Waals surface area contributed by atoms with Crippen LogP contribution < -0.4 is 10.1 Å². The van der Waals surface area contributed by atoms with E-state index >= 15 is 0 Å². The number of aliphatic hydroxyl groups is 1. The summed E-state index contributed by atoms with van der Waals surface area (Å²) in [6.07, 6.45) is 8.86. The van der Waals surface area contributed by atoms with Gasteiger partial charge in [-0.25, -0.2) is 4.98 Å². The highest BCUT2D eigenvalue weighted by Gasteiger charge is 2.21. The number of hydrogen-bond acceptors (Lipinski definition) is 5. The molecule has 5 heteroatoms. The fourth-order valence-electron chi connectivity index (χ4n) is 2.73. The Balaban J connectivity index is 1.53. The van der Waals surface area contributed by atoms with Gasteiger partial charge in [0.25, 0.3) is 0 Å². The first kappa shape index (κ1) is 14.9. The van der Waals surface area contributed by atoms with Gasteiger partial charge in [-0.2, -0.15) is 0 Å². The molecule has 5 nitrogen and oxygen atoms in total. The predicted molar refractivity (Wildman–Crippen MR) is 83.7 cm³/mol. The zero-order valence-corrected chi connectivity index (χ0v) is 12.5. The van der Waals surface area contributed by atoms with Crippen LogP contribution in [0.4, 0.5) is 0 Å². The van der Waals surface area contributed by atoms with Crippen molar-refractivity contribution < 1.29 is 9.84 Å².